The van der Waals surface area contributed by atoms with Gasteiger partial charge in [0.15, 0.2) is 11.5 Å². The van der Waals surface area contributed by atoms with Crippen LogP contribution in [-0.2, 0) is 10.2 Å². The summed E-state index contributed by atoms with van der Waals surface area (Å²) in [6, 6.07) is 21.8. The van der Waals surface area contributed by atoms with Crippen molar-refractivity contribution in [2.24, 2.45) is 5.92 Å². The van der Waals surface area contributed by atoms with Crippen LogP contribution < -0.4 is 5.32 Å². The summed E-state index contributed by atoms with van der Waals surface area (Å²) in [6.45, 7) is 0. The Hall–Kier alpha value is -4.78. The van der Waals surface area contributed by atoms with E-state index >= 15 is 4.39 Å². The van der Waals surface area contributed by atoms with Crippen LogP contribution in [0.25, 0.3) is 6.08 Å². The molecule has 0 unspecified atom stereocenters. The first-order valence-electron chi connectivity index (χ1n) is 12.4. The SMILES string of the molecule is O=C(c1ccccc1F)[C@@H]1[C@H](C(=O)c2ccco2)N2C=Cc3ccccc3[C@@H]2[C@]12C(=O)Nc1ccccc12. The van der Waals surface area contributed by atoms with E-state index in [1.807, 2.05) is 42.5 Å². The Bertz CT molecular complexity index is 1660. The van der Waals surface area contributed by atoms with Crippen molar-refractivity contribution in [3.63, 3.8) is 0 Å². The van der Waals surface area contributed by atoms with Crippen molar-refractivity contribution in [3.8, 4) is 0 Å². The van der Waals surface area contributed by atoms with Gasteiger partial charge in [0.05, 0.1) is 23.8 Å². The minimum atomic E-state index is -1.51. The van der Waals surface area contributed by atoms with Gasteiger partial charge in [0.25, 0.3) is 0 Å². The first-order valence-corrected chi connectivity index (χ1v) is 12.4. The number of ketones is 2. The molecular weight excluding hydrogens is 483 g/mol. The van der Waals surface area contributed by atoms with Crippen molar-refractivity contribution >= 4 is 29.2 Å². The molecule has 3 aliphatic rings. The first kappa shape index (κ1) is 22.4. The Kier molecular flexibility index (Phi) is 4.79. The van der Waals surface area contributed by atoms with E-state index in [4.69, 9.17) is 4.42 Å². The number of nitrogens with one attached hydrogen (secondary N) is 1. The molecule has 4 aromatic rings. The van der Waals surface area contributed by atoms with E-state index in [9.17, 15) is 14.4 Å². The lowest BCUT2D eigenvalue weighted by atomic mass is 9.62. The maximum Gasteiger partial charge on any atom is 0.238 e. The average molecular weight is 505 g/mol. The van der Waals surface area contributed by atoms with Crippen molar-refractivity contribution < 1.29 is 23.2 Å². The molecule has 7 heteroatoms. The van der Waals surface area contributed by atoms with E-state index in [0.717, 1.165) is 11.1 Å². The number of Topliss-reactive ketones (excluding diaryl/α,β-unsaturated/α-hetero) is 2. The number of halogens is 1. The van der Waals surface area contributed by atoms with Gasteiger partial charge in [-0.15, -0.1) is 0 Å². The fourth-order valence-electron chi connectivity index (χ4n) is 6.56. The quantitative estimate of drug-likeness (QED) is 0.377. The number of hydrogen-bond donors (Lipinski definition) is 1. The third-order valence-corrected chi connectivity index (χ3v) is 8.02. The highest BCUT2D eigenvalue weighted by molar-refractivity contribution is 6.16. The molecule has 1 spiro atoms. The molecule has 186 valence electrons. The van der Waals surface area contributed by atoms with Crippen LogP contribution >= 0.6 is 0 Å². The maximum absolute atomic E-state index is 15.1. The Morgan fingerprint density at radius 1 is 0.895 bits per heavy atom. The summed E-state index contributed by atoms with van der Waals surface area (Å²) in [5, 5.41) is 2.97. The summed E-state index contributed by atoms with van der Waals surface area (Å²) in [5.41, 5.74) is 1.19. The number of para-hydroxylation sites is 1. The van der Waals surface area contributed by atoms with Crippen molar-refractivity contribution in [1.29, 1.82) is 0 Å². The fourth-order valence-corrected chi connectivity index (χ4v) is 6.56. The zero-order valence-corrected chi connectivity index (χ0v) is 20.0. The molecule has 0 saturated carbocycles. The Morgan fingerprint density at radius 3 is 2.47 bits per heavy atom. The normalized spacial score (nSPS) is 24.6. The van der Waals surface area contributed by atoms with Crippen LogP contribution in [0.1, 0.15) is 43.6 Å². The highest BCUT2D eigenvalue weighted by Crippen LogP contribution is 2.62. The maximum atomic E-state index is 15.1. The molecule has 38 heavy (non-hydrogen) atoms. The molecule has 7 rings (SSSR count). The van der Waals surface area contributed by atoms with Gasteiger partial charge in [0.2, 0.25) is 11.7 Å². The molecule has 6 nitrogen and oxygen atoms in total. The van der Waals surface area contributed by atoms with Crippen LogP contribution in [0.15, 0.2) is 102 Å². The van der Waals surface area contributed by atoms with Crippen LogP contribution in [0.3, 0.4) is 0 Å². The average Bonchev–Trinajstić information content (AvgIpc) is 3.65. The van der Waals surface area contributed by atoms with Gasteiger partial charge < -0.3 is 14.6 Å². The van der Waals surface area contributed by atoms with E-state index in [0.29, 0.717) is 11.3 Å². The molecule has 4 atom stereocenters. The summed E-state index contributed by atoms with van der Waals surface area (Å²) in [7, 11) is 0. The van der Waals surface area contributed by atoms with Crippen molar-refractivity contribution in [3.05, 3.63) is 131 Å². The third kappa shape index (κ3) is 2.84. The zero-order valence-electron chi connectivity index (χ0n) is 20.0. The lowest BCUT2D eigenvalue weighted by Gasteiger charge is -2.38. The van der Waals surface area contributed by atoms with E-state index in [1.54, 1.807) is 35.4 Å². The van der Waals surface area contributed by atoms with Crippen molar-refractivity contribution in [2.75, 3.05) is 5.32 Å². The Morgan fingerprint density at radius 2 is 1.66 bits per heavy atom. The summed E-state index contributed by atoms with van der Waals surface area (Å²) >= 11 is 0. The van der Waals surface area contributed by atoms with Crippen LogP contribution in [0, 0.1) is 11.7 Å². The fraction of sp³-hybridized carbons (Fsp3) is 0.129. The summed E-state index contributed by atoms with van der Waals surface area (Å²) in [5.74, 6) is -3.35. The molecule has 1 N–H and O–H groups in total. The van der Waals surface area contributed by atoms with E-state index in [2.05, 4.69) is 5.32 Å². The number of carbonyl (C=O) groups is 3. The number of fused-ring (bicyclic) bond motifs is 6. The second-order valence-corrected chi connectivity index (χ2v) is 9.77. The summed E-state index contributed by atoms with van der Waals surface area (Å²) in [4.78, 5) is 44.6. The topological polar surface area (TPSA) is 79.6 Å². The van der Waals surface area contributed by atoms with Gasteiger partial charge in [-0.2, -0.15) is 0 Å². The van der Waals surface area contributed by atoms with Crippen LogP contribution in [0.5, 0.6) is 0 Å². The van der Waals surface area contributed by atoms with Gasteiger partial charge in [-0.05, 0) is 53.1 Å². The number of rotatable bonds is 4. The molecule has 1 saturated heterocycles. The second kappa shape index (κ2) is 8.11. The minimum absolute atomic E-state index is 0.0658. The van der Waals surface area contributed by atoms with Gasteiger partial charge >= 0.3 is 0 Å². The van der Waals surface area contributed by atoms with Gasteiger partial charge in [-0.1, -0.05) is 54.6 Å². The largest absolute Gasteiger partial charge is 0.461 e. The minimum Gasteiger partial charge on any atom is -0.461 e. The van der Waals surface area contributed by atoms with Crippen molar-refractivity contribution in [1.82, 2.24) is 4.90 Å². The molecule has 4 heterocycles. The summed E-state index contributed by atoms with van der Waals surface area (Å²) in [6.07, 6.45) is 5.03. The lowest BCUT2D eigenvalue weighted by Crippen LogP contribution is -2.49. The standard InChI is InChI=1S/C31H21FN2O4/c32-22-12-5-3-10-20(22)27(35)25-26(28(36)24-14-7-17-38-24)34-16-15-18-8-1-2-9-19(18)29(34)31(25)21-11-4-6-13-23(21)33-30(31)37/h1-17,25-26,29H,(H,33,37)/t25-,26+,29+,31+/m0/s1. The predicted molar refractivity (Wildman–Crippen MR) is 138 cm³/mol. The van der Waals surface area contributed by atoms with Gasteiger partial charge in [-0.3, -0.25) is 14.4 Å². The second-order valence-electron chi connectivity index (χ2n) is 9.77. The lowest BCUT2D eigenvalue weighted by molar-refractivity contribution is -0.122. The van der Waals surface area contributed by atoms with Crippen LogP contribution in [-0.4, -0.2) is 28.4 Å². The van der Waals surface area contributed by atoms with Gasteiger partial charge in [0.1, 0.15) is 17.3 Å². The molecule has 3 aliphatic heterocycles. The number of carbonyl (C=O) groups excluding carboxylic acids is 3. The molecule has 3 aromatic carbocycles. The molecule has 1 amide bonds. The highest BCUT2D eigenvalue weighted by atomic mass is 19.1. The van der Waals surface area contributed by atoms with Crippen LogP contribution in [0.2, 0.25) is 0 Å². The molecule has 1 fully saturated rings. The predicted octanol–water partition coefficient (Wildman–Crippen LogP) is 5.40. The van der Waals surface area contributed by atoms with Gasteiger partial charge in [-0.25, -0.2) is 4.39 Å². The van der Waals surface area contributed by atoms with Crippen molar-refractivity contribution in [2.45, 2.75) is 17.5 Å². The van der Waals surface area contributed by atoms with Crippen LogP contribution in [0.4, 0.5) is 10.1 Å². The van der Waals surface area contributed by atoms with Gasteiger partial charge in [0, 0.05) is 11.9 Å². The van der Waals surface area contributed by atoms with E-state index in [1.165, 1.54) is 30.5 Å². The molecular formula is C31H21FN2O4. The Balaban J connectivity index is 1.56. The van der Waals surface area contributed by atoms with E-state index in [-0.39, 0.29) is 11.3 Å². The monoisotopic (exact) mass is 504 g/mol. The molecule has 0 aliphatic carbocycles. The smallest absolute Gasteiger partial charge is 0.238 e. The zero-order chi connectivity index (χ0) is 26.0. The number of anilines is 1. The number of hydrogen-bond acceptors (Lipinski definition) is 5. The molecule has 0 radical (unpaired) electrons. The first-order chi connectivity index (χ1) is 18.5. The van der Waals surface area contributed by atoms with E-state index < -0.39 is 46.7 Å². The highest BCUT2D eigenvalue weighted by Gasteiger charge is 2.71. The number of furan rings is 1. The number of amides is 1. The Labute approximate surface area is 217 Å². The third-order valence-electron chi connectivity index (χ3n) is 8.02. The number of nitrogens with zero attached hydrogens (tertiary/aromatic N) is 1. The summed E-state index contributed by atoms with van der Waals surface area (Å²) < 4.78 is 20.6. The molecule has 0 bridgehead atoms. The number of benzene rings is 3. The molecule has 1 aromatic heterocycles.